The van der Waals surface area contributed by atoms with Crippen molar-refractivity contribution < 1.29 is 24.7 Å². The Morgan fingerprint density at radius 2 is 2.15 bits per heavy atom. The second-order valence-corrected chi connectivity index (χ2v) is 14.0. The summed E-state index contributed by atoms with van der Waals surface area (Å²) in [6, 6.07) is 0.771. The van der Waals surface area contributed by atoms with Gasteiger partial charge in [0.05, 0.1) is 0 Å². The number of carbonyl (C=O) groups is 3. The molecule has 2 aromatic rings. The Morgan fingerprint density at radius 1 is 1.41 bits per heavy atom. The van der Waals surface area contributed by atoms with E-state index in [2.05, 4.69) is 20.4 Å². The summed E-state index contributed by atoms with van der Waals surface area (Å²) >= 11 is 11.2. The van der Waals surface area contributed by atoms with E-state index in [1.54, 1.807) is 24.2 Å². The molecule has 4 heterocycles. The Hall–Kier alpha value is -2.50. The molecule has 0 bridgehead atoms. The van der Waals surface area contributed by atoms with Crippen LogP contribution >= 0.6 is 58.2 Å². The molecule has 2 aliphatic heterocycles. The average molecular weight is 630 g/mol. The van der Waals surface area contributed by atoms with Gasteiger partial charge >= 0.3 is 5.97 Å². The zero-order chi connectivity index (χ0) is 28.5. The minimum atomic E-state index is -1.25. The molecule has 0 aromatic carbocycles. The molecular weight excluding hydrogens is 606 g/mol. The fraction of sp³-hybridized carbons (Fsp3) is 0.364. The van der Waals surface area contributed by atoms with Crippen molar-refractivity contribution >= 4 is 86.9 Å². The van der Waals surface area contributed by atoms with Crippen LogP contribution in [0.2, 0.25) is 4.34 Å². The van der Waals surface area contributed by atoms with Gasteiger partial charge in [0.15, 0.2) is 10.8 Å². The van der Waals surface area contributed by atoms with Gasteiger partial charge in [-0.05, 0) is 25.5 Å². The minimum absolute atomic E-state index is 0.0439. The van der Waals surface area contributed by atoms with E-state index in [1.165, 1.54) is 28.4 Å². The largest absolute Gasteiger partial charge is 0.477 e. The van der Waals surface area contributed by atoms with Crippen LogP contribution in [-0.2, 0) is 20.1 Å². The summed E-state index contributed by atoms with van der Waals surface area (Å²) in [5.41, 5.74) is 11.5. The molecule has 2 atom stereocenters. The Labute approximate surface area is 245 Å². The smallest absolute Gasteiger partial charge is 0.353 e. The Kier molecular flexibility index (Phi) is 9.02. The van der Waals surface area contributed by atoms with E-state index in [4.69, 9.17) is 23.1 Å². The first-order chi connectivity index (χ1) is 18.4. The third-order valence-electron chi connectivity index (χ3n) is 5.39. The molecule has 0 spiro atoms. The summed E-state index contributed by atoms with van der Waals surface area (Å²) < 4.78 is 0.0439. The predicted molar refractivity (Wildman–Crippen MR) is 154 cm³/mol. The molecule has 1 fully saturated rings. The molecule has 0 radical (unpaired) electrons. The Bertz CT molecular complexity index is 1380. The van der Waals surface area contributed by atoms with Crippen molar-refractivity contribution in [2.75, 3.05) is 17.2 Å². The number of carboxylic acids is 1. The highest BCUT2D eigenvalue weighted by atomic mass is 35.5. The number of aromatic nitrogens is 2. The minimum Gasteiger partial charge on any atom is -0.477 e. The quantitative estimate of drug-likeness (QED) is 0.111. The van der Waals surface area contributed by atoms with Crippen molar-refractivity contribution in [1.29, 1.82) is 0 Å². The van der Waals surface area contributed by atoms with E-state index in [0.717, 1.165) is 27.5 Å². The molecule has 4 rings (SSSR count). The summed E-state index contributed by atoms with van der Waals surface area (Å²) in [7, 11) is 0. The number of thiazole rings is 1. The number of aliphatic carboxylic acids is 1. The van der Waals surface area contributed by atoms with Crippen LogP contribution in [0.4, 0.5) is 5.13 Å². The number of rotatable bonds is 10. The molecule has 12 nitrogen and oxygen atoms in total. The standard InChI is InChI=1S/C22H24ClN7O5S4/c1-22(2,25)8-36-6-9-5-26-4-3-10(9)38-11-7-37-19-14(18(32)30(19)15(11)20(33)34)27-17(31)13(29-35)12-16(23)39-21(24)28-12/h3-5,14,19,35H,6-8,25H2,1-2H3,(H2,24,28)(H,27,31)(H,33,34)/b29-13-/t14-,19+/m1/s1. The van der Waals surface area contributed by atoms with E-state index in [9.17, 15) is 24.7 Å². The summed E-state index contributed by atoms with van der Waals surface area (Å²) in [5.74, 6) is -1.09. The lowest BCUT2D eigenvalue weighted by Gasteiger charge is -2.49. The van der Waals surface area contributed by atoms with Crippen LogP contribution in [0, 0.1) is 0 Å². The van der Waals surface area contributed by atoms with Crippen molar-refractivity contribution in [3.63, 3.8) is 0 Å². The molecule has 2 amide bonds. The van der Waals surface area contributed by atoms with Crippen molar-refractivity contribution in [3.8, 4) is 0 Å². The number of thioether (sulfide) groups is 3. The van der Waals surface area contributed by atoms with Gasteiger partial charge in [-0.25, -0.2) is 9.78 Å². The molecule has 1 saturated heterocycles. The van der Waals surface area contributed by atoms with E-state index in [0.29, 0.717) is 16.4 Å². The van der Waals surface area contributed by atoms with Gasteiger partial charge in [-0.15, -0.1) is 11.8 Å². The molecule has 0 aliphatic carbocycles. The van der Waals surface area contributed by atoms with Gasteiger partial charge in [-0.2, -0.15) is 11.8 Å². The fourth-order valence-corrected chi connectivity index (χ4v) is 8.39. The number of halogens is 1. The van der Waals surface area contributed by atoms with Gasteiger partial charge < -0.3 is 27.1 Å². The number of fused-ring (bicyclic) bond motifs is 1. The molecule has 2 aliphatic rings. The maximum absolute atomic E-state index is 13.1. The molecule has 208 valence electrons. The number of nitrogens with one attached hydrogen (secondary N) is 1. The first kappa shape index (κ1) is 29.5. The first-order valence-electron chi connectivity index (χ1n) is 11.2. The molecular formula is C22H24ClN7O5S4. The molecule has 0 saturated carbocycles. The zero-order valence-corrected chi connectivity index (χ0v) is 24.6. The number of hydrogen-bond donors (Lipinski definition) is 5. The van der Waals surface area contributed by atoms with Crippen molar-refractivity contribution in [2.24, 2.45) is 10.9 Å². The predicted octanol–water partition coefficient (Wildman–Crippen LogP) is 2.41. The maximum atomic E-state index is 13.1. The highest BCUT2D eigenvalue weighted by Gasteiger charge is 2.54. The van der Waals surface area contributed by atoms with Crippen molar-refractivity contribution in [3.05, 3.63) is 44.7 Å². The summed E-state index contributed by atoms with van der Waals surface area (Å²) in [4.78, 5) is 48.7. The number of nitrogens with two attached hydrogens (primary N) is 2. The third kappa shape index (κ3) is 6.47. The monoisotopic (exact) mass is 629 g/mol. The van der Waals surface area contributed by atoms with Gasteiger partial charge in [-0.1, -0.05) is 39.9 Å². The Morgan fingerprint density at radius 3 is 2.77 bits per heavy atom. The van der Waals surface area contributed by atoms with E-state index >= 15 is 0 Å². The number of carbonyl (C=O) groups excluding carboxylic acids is 2. The second-order valence-electron chi connectivity index (χ2n) is 9.13. The summed E-state index contributed by atoms with van der Waals surface area (Å²) in [6.07, 6.45) is 3.37. The highest BCUT2D eigenvalue weighted by molar-refractivity contribution is 8.06. The number of β-lactam (4-membered cyclic amide) rings is 1. The van der Waals surface area contributed by atoms with Crippen molar-refractivity contribution in [2.45, 2.75) is 41.5 Å². The number of nitrogen functional groups attached to an aromatic ring is 1. The van der Waals surface area contributed by atoms with Gasteiger partial charge in [-0.3, -0.25) is 19.5 Å². The number of anilines is 1. The van der Waals surface area contributed by atoms with Gasteiger partial charge in [0.25, 0.3) is 11.8 Å². The van der Waals surface area contributed by atoms with E-state index in [1.807, 2.05) is 19.9 Å². The average Bonchev–Trinajstić information content (AvgIpc) is 3.20. The SMILES string of the molecule is CC(C)(N)CSCc1cnccc1SC1=C(C(=O)O)N2C(=O)[C@@H](NC(=O)/C(=N\O)c3nc(N)sc3Cl)[C@@H]2SC1. The van der Waals surface area contributed by atoms with Crippen molar-refractivity contribution in [1.82, 2.24) is 20.2 Å². The topological polar surface area (TPSA) is 197 Å². The zero-order valence-electron chi connectivity index (χ0n) is 20.6. The lowest BCUT2D eigenvalue weighted by atomic mass is 10.0. The number of hydrogen-bond acceptors (Lipinski definition) is 13. The number of nitrogens with zero attached hydrogens (tertiary/aromatic N) is 4. The van der Waals surface area contributed by atoms with Crippen LogP contribution in [0.25, 0.3) is 0 Å². The van der Waals surface area contributed by atoms with Gasteiger partial charge in [0.1, 0.15) is 27.1 Å². The van der Waals surface area contributed by atoms with Crippen LogP contribution in [-0.4, -0.2) is 77.1 Å². The molecule has 39 heavy (non-hydrogen) atoms. The lowest BCUT2D eigenvalue weighted by Crippen LogP contribution is -2.71. The maximum Gasteiger partial charge on any atom is 0.353 e. The van der Waals surface area contributed by atoms with Crippen LogP contribution in [0.15, 0.2) is 39.1 Å². The van der Waals surface area contributed by atoms with E-state index < -0.39 is 34.9 Å². The molecule has 7 N–H and O–H groups in total. The number of carboxylic acid groups (broad SMARTS) is 1. The first-order valence-corrected chi connectivity index (χ1v) is 15.5. The van der Waals surface area contributed by atoms with Gasteiger partial charge in [0, 0.05) is 45.0 Å². The normalized spacial score (nSPS) is 19.5. The van der Waals surface area contributed by atoms with Crippen LogP contribution in [0.1, 0.15) is 25.1 Å². The summed E-state index contributed by atoms with van der Waals surface area (Å²) in [5, 5.41) is 24.3. The molecule has 17 heteroatoms. The number of amides is 2. The number of oxime groups is 1. The molecule has 0 unspecified atom stereocenters. The van der Waals surface area contributed by atoms with Crippen LogP contribution in [0.5, 0.6) is 0 Å². The summed E-state index contributed by atoms with van der Waals surface area (Å²) in [6.45, 7) is 3.89. The lowest BCUT2D eigenvalue weighted by molar-refractivity contribution is -0.150. The second kappa shape index (κ2) is 11.9. The third-order valence-corrected chi connectivity index (χ3v) is 10.6. The van der Waals surface area contributed by atoms with Crippen LogP contribution < -0.4 is 16.8 Å². The highest BCUT2D eigenvalue weighted by Crippen LogP contribution is 2.46. The fourth-order valence-electron chi connectivity index (χ4n) is 3.72. The molecule has 2 aromatic heterocycles. The van der Waals surface area contributed by atoms with E-state index in [-0.39, 0.29) is 26.4 Å². The Balaban J connectivity index is 1.51. The van der Waals surface area contributed by atoms with Gasteiger partial charge in [0.2, 0.25) is 0 Å². The number of pyridine rings is 1. The van der Waals surface area contributed by atoms with Crippen LogP contribution in [0.3, 0.4) is 0 Å².